The second-order valence-corrected chi connectivity index (χ2v) is 4.73. The molecule has 0 aliphatic carbocycles. The Morgan fingerprint density at radius 3 is 2.79 bits per heavy atom. The number of fused-ring (bicyclic) bond motifs is 1. The van der Waals surface area contributed by atoms with Crippen LogP contribution in [0.3, 0.4) is 0 Å². The van der Waals surface area contributed by atoms with Crippen LogP contribution in [-0.4, -0.2) is 0 Å². The number of halogens is 2. The van der Waals surface area contributed by atoms with Gasteiger partial charge in [-0.2, -0.15) is 0 Å². The highest BCUT2D eigenvalue weighted by Gasteiger charge is 2.10. The van der Waals surface area contributed by atoms with Crippen LogP contribution in [-0.2, 0) is 12.3 Å². The average Bonchev–Trinajstić information content (AvgIpc) is 2.62. The molecule has 3 heteroatoms. The Bertz CT molecular complexity index is 460. The molecule has 0 saturated carbocycles. The van der Waals surface area contributed by atoms with E-state index in [0.29, 0.717) is 5.88 Å². The fraction of sp³-hybridized carbons (Fsp3) is 0.273. The fourth-order valence-corrected chi connectivity index (χ4v) is 3.40. The highest BCUT2D eigenvalue weighted by molar-refractivity contribution is 7.17. The van der Waals surface area contributed by atoms with E-state index in [0.717, 1.165) is 17.0 Å². The van der Waals surface area contributed by atoms with E-state index < -0.39 is 0 Å². The van der Waals surface area contributed by atoms with Crippen molar-refractivity contribution in [1.29, 1.82) is 0 Å². The van der Waals surface area contributed by atoms with E-state index in [1.54, 1.807) is 11.3 Å². The summed E-state index contributed by atoms with van der Waals surface area (Å²) in [5, 5.41) is 4.12. The molecule has 0 atom stereocenters. The lowest BCUT2D eigenvalue weighted by Gasteiger charge is -2.08. The zero-order valence-corrected chi connectivity index (χ0v) is 10.1. The molecular formula is C11H10Cl2S. The maximum absolute atomic E-state index is 6.16. The molecule has 0 unspecified atom stereocenters. The van der Waals surface area contributed by atoms with Gasteiger partial charge in [0.1, 0.15) is 0 Å². The molecule has 2 rings (SSSR count). The molecule has 0 radical (unpaired) electrons. The first kappa shape index (κ1) is 10.3. The topological polar surface area (TPSA) is 0 Å². The van der Waals surface area contributed by atoms with Gasteiger partial charge in [-0.15, -0.1) is 22.9 Å². The Morgan fingerprint density at radius 2 is 2.14 bits per heavy atom. The Hall–Kier alpha value is -0.240. The van der Waals surface area contributed by atoms with Crippen molar-refractivity contribution in [3.8, 4) is 0 Å². The molecule has 0 N–H and O–H groups in total. The van der Waals surface area contributed by atoms with Gasteiger partial charge >= 0.3 is 0 Å². The van der Waals surface area contributed by atoms with Gasteiger partial charge in [0.05, 0.1) is 0 Å². The van der Waals surface area contributed by atoms with E-state index in [2.05, 4.69) is 18.4 Å². The standard InChI is InChI=1S/C11H10Cl2S/c1-2-8-9(6-12)10(13)5-7-3-4-14-11(7)8/h3-5H,2,6H2,1H3. The minimum Gasteiger partial charge on any atom is -0.144 e. The highest BCUT2D eigenvalue weighted by Crippen LogP contribution is 2.33. The van der Waals surface area contributed by atoms with E-state index in [9.17, 15) is 0 Å². The van der Waals surface area contributed by atoms with Crippen LogP contribution in [0.15, 0.2) is 17.5 Å². The summed E-state index contributed by atoms with van der Waals surface area (Å²) in [6, 6.07) is 4.10. The summed E-state index contributed by atoms with van der Waals surface area (Å²) in [5.74, 6) is 0.496. The van der Waals surface area contributed by atoms with Crippen LogP contribution in [0.25, 0.3) is 10.1 Å². The summed E-state index contributed by atoms with van der Waals surface area (Å²) in [6.07, 6.45) is 0.986. The van der Waals surface area contributed by atoms with Crippen molar-refractivity contribution in [2.45, 2.75) is 19.2 Å². The predicted octanol–water partition coefficient (Wildman–Crippen LogP) is 4.86. The molecular weight excluding hydrogens is 235 g/mol. The molecule has 1 heterocycles. The molecule has 1 aromatic heterocycles. The van der Waals surface area contributed by atoms with Crippen molar-refractivity contribution >= 4 is 44.6 Å². The van der Waals surface area contributed by atoms with Gasteiger partial charge in [-0.3, -0.25) is 0 Å². The normalized spacial score (nSPS) is 11.1. The molecule has 0 fully saturated rings. The van der Waals surface area contributed by atoms with Crippen LogP contribution in [0.5, 0.6) is 0 Å². The number of benzene rings is 1. The van der Waals surface area contributed by atoms with E-state index >= 15 is 0 Å². The number of hydrogen-bond donors (Lipinski definition) is 0. The summed E-state index contributed by atoms with van der Waals surface area (Å²) in [7, 11) is 0. The van der Waals surface area contributed by atoms with E-state index in [1.165, 1.54) is 15.6 Å². The quantitative estimate of drug-likeness (QED) is 0.663. The summed E-state index contributed by atoms with van der Waals surface area (Å²) in [5.41, 5.74) is 2.39. The predicted molar refractivity (Wildman–Crippen MR) is 65.8 cm³/mol. The first-order chi connectivity index (χ1) is 6.77. The van der Waals surface area contributed by atoms with Gasteiger partial charge in [0, 0.05) is 15.6 Å². The van der Waals surface area contributed by atoms with E-state index in [-0.39, 0.29) is 0 Å². The lowest BCUT2D eigenvalue weighted by atomic mass is 10.0. The molecule has 0 spiro atoms. The molecule has 0 aliphatic rings. The maximum Gasteiger partial charge on any atom is 0.0492 e. The Labute approximate surface area is 97.5 Å². The number of thiophene rings is 1. The zero-order valence-electron chi connectivity index (χ0n) is 7.81. The molecule has 0 nitrogen and oxygen atoms in total. The van der Waals surface area contributed by atoms with Gasteiger partial charge in [0.2, 0.25) is 0 Å². The first-order valence-electron chi connectivity index (χ1n) is 4.51. The third kappa shape index (κ3) is 1.54. The summed E-state index contributed by atoms with van der Waals surface area (Å²) in [4.78, 5) is 0. The van der Waals surface area contributed by atoms with Gasteiger partial charge < -0.3 is 0 Å². The zero-order chi connectivity index (χ0) is 10.1. The number of hydrogen-bond acceptors (Lipinski definition) is 1. The number of rotatable bonds is 2. The van der Waals surface area contributed by atoms with Crippen molar-refractivity contribution in [3.63, 3.8) is 0 Å². The minimum absolute atomic E-state index is 0.496. The van der Waals surface area contributed by atoms with Crippen molar-refractivity contribution in [2.75, 3.05) is 0 Å². The number of alkyl halides is 1. The third-order valence-electron chi connectivity index (χ3n) is 2.39. The minimum atomic E-state index is 0.496. The van der Waals surface area contributed by atoms with E-state index in [4.69, 9.17) is 23.2 Å². The lowest BCUT2D eigenvalue weighted by Crippen LogP contribution is -1.91. The van der Waals surface area contributed by atoms with E-state index in [1.807, 2.05) is 6.07 Å². The third-order valence-corrected chi connectivity index (χ3v) is 3.99. The largest absolute Gasteiger partial charge is 0.144 e. The molecule has 14 heavy (non-hydrogen) atoms. The van der Waals surface area contributed by atoms with Crippen LogP contribution in [0.1, 0.15) is 18.1 Å². The van der Waals surface area contributed by atoms with Crippen molar-refractivity contribution in [3.05, 3.63) is 33.7 Å². The smallest absolute Gasteiger partial charge is 0.0492 e. The van der Waals surface area contributed by atoms with Gasteiger partial charge in [-0.05, 0) is 40.4 Å². The highest BCUT2D eigenvalue weighted by atomic mass is 35.5. The van der Waals surface area contributed by atoms with Crippen LogP contribution < -0.4 is 0 Å². The van der Waals surface area contributed by atoms with Gasteiger partial charge in [-0.1, -0.05) is 18.5 Å². The molecule has 2 aromatic rings. The average molecular weight is 245 g/mol. The Morgan fingerprint density at radius 1 is 1.36 bits per heavy atom. The first-order valence-corrected chi connectivity index (χ1v) is 6.30. The van der Waals surface area contributed by atoms with Crippen molar-refractivity contribution in [2.24, 2.45) is 0 Å². The van der Waals surface area contributed by atoms with Crippen LogP contribution in [0, 0.1) is 0 Å². The second-order valence-electron chi connectivity index (χ2n) is 3.14. The molecule has 0 aliphatic heterocycles. The summed E-state index contributed by atoms with van der Waals surface area (Å²) in [6.45, 7) is 2.14. The molecule has 0 saturated heterocycles. The molecule has 1 aromatic carbocycles. The maximum atomic E-state index is 6.16. The summed E-state index contributed by atoms with van der Waals surface area (Å²) < 4.78 is 1.33. The SMILES string of the molecule is CCc1c(CCl)c(Cl)cc2ccsc12. The fourth-order valence-electron chi connectivity index (χ4n) is 1.70. The lowest BCUT2D eigenvalue weighted by molar-refractivity contribution is 1.12. The Kier molecular flexibility index (Phi) is 3.01. The monoisotopic (exact) mass is 244 g/mol. The van der Waals surface area contributed by atoms with Crippen molar-refractivity contribution in [1.82, 2.24) is 0 Å². The number of aryl methyl sites for hydroxylation is 1. The molecule has 74 valence electrons. The van der Waals surface area contributed by atoms with Gasteiger partial charge in [0.15, 0.2) is 0 Å². The molecule has 0 bridgehead atoms. The van der Waals surface area contributed by atoms with Crippen LogP contribution in [0.2, 0.25) is 5.02 Å². The summed E-state index contributed by atoms with van der Waals surface area (Å²) >= 11 is 13.8. The van der Waals surface area contributed by atoms with Crippen LogP contribution >= 0.6 is 34.5 Å². The van der Waals surface area contributed by atoms with Crippen LogP contribution in [0.4, 0.5) is 0 Å². The van der Waals surface area contributed by atoms with Crippen molar-refractivity contribution < 1.29 is 0 Å². The second kappa shape index (κ2) is 4.09. The van der Waals surface area contributed by atoms with Gasteiger partial charge in [0.25, 0.3) is 0 Å². The Balaban J connectivity index is 2.82. The molecule has 0 amide bonds. The van der Waals surface area contributed by atoms with Gasteiger partial charge in [-0.25, -0.2) is 0 Å².